The number of rotatable bonds is 14. The van der Waals surface area contributed by atoms with E-state index in [2.05, 4.69) is 301 Å². The molecule has 6 aromatic heterocycles. The summed E-state index contributed by atoms with van der Waals surface area (Å²) in [4.78, 5) is 41.0. The summed E-state index contributed by atoms with van der Waals surface area (Å²) in [5, 5.41) is 12.6. The van der Waals surface area contributed by atoms with Crippen LogP contribution in [0.3, 0.4) is 0 Å². The molecule has 16 aromatic carbocycles. The number of aromatic nitrogens is 10. The van der Waals surface area contributed by atoms with E-state index in [0.717, 1.165) is 154 Å². The average Bonchev–Trinajstić information content (AvgIpc) is 1.60. The lowest BCUT2D eigenvalue weighted by molar-refractivity contribution is 1.07. The van der Waals surface area contributed by atoms with Gasteiger partial charge in [0.25, 0.3) is 0 Å². The maximum absolute atomic E-state index is 5.06. The van der Waals surface area contributed by atoms with Gasteiger partial charge in [-0.25, -0.2) is 39.9 Å². The molecule has 0 bridgehead atoms. The topological polar surface area (TPSA) is 129 Å². The van der Waals surface area contributed by atoms with Gasteiger partial charge in [0.15, 0.2) is 34.9 Å². The molecule has 0 unspecified atom stereocenters. The maximum Gasteiger partial charge on any atom is 0.164 e. The predicted octanol–water partition coefficient (Wildman–Crippen LogP) is 27.7. The van der Waals surface area contributed by atoms with Crippen molar-refractivity contribution in [3.63, 3.8) is 0 Å². The van der Waals surface area contributed by atoms with Gasteiger partial charge in [0, 0.05) is 58.9 Å². The average molecular weight is 1540 g/mol. The number of hydrogen-bond acceptors (Lipinski definition) is 12. The van der Waals surface area contributed by atoms with Gasteiger partial charge in [0.1, 0.15) is 15.9 Å². The highest BCUT2D eigenvalue weighted by atomic mass is 32.1. The maximum atomic E-state index is 5.06. The molecule has 22 aromatic rings. The largest absolute Gasteiger partial charge is 0.243 e. The Balaban J connectivity index is 0.000000147. The van der Waals surface area contributed by atoms with Gasteiger partial charge >= 0.3 is 0 Å². The van der Waals surface area contributed by atoms with Crippen LogP contribution in [-0.2, 0) is 0 Å². The summed E-state index contributed by atoms with van der Waals surface area (Å²) in [5.41, 5.74) is 28.5. The minimum atomic E-state index is 0.626. The molecule has 6 heterocycles. The second-order valence-electron chi connectivity index (χ2n) is 29.1. The third-order valence-electron chi connectivity index (χ3n) is 21.6. The van der Waals surface area contributed by atoms with Crippen molar-refractivity contribution in [1.82, 2.24) is 50.1 Å². The summed E-state index contributed by atoms with van der Waals surface area (Å²) in [7, 11) is 0. The molecule has 0 spiro atoms. The zero-order valence-electron chi connectivity index (χ0n) is 63.4. The zero-order chi connectivity index (χ0) is 78.2. The molecule has 0 radical (unpaired) electrons. The highest BCUT2D eigenvalue weighted by Crippen LogP contribution is 2.43. The summed E-state index contributed by atoms with van der Waals surface area (Å²) < 4.78 is 3.59. The number of para-hydroxylation sites is 2. The van der Waals surface area contributed by atoms with Crippen molar-refractivity contribution < 1.29 is 0 Å². The Morgan fingerprint density at radius 2 is 0.466 bits per heavy atom. The van der Waals surface area contributed by atoms with E-state index in [1.807, 2.05) is 109 Å². The van der Waals surface area contributed by atoms with Crippen molar-refractivity contribution in [2.75, 3.05) is 0 Å². The number of thiophene rings is 2. The molecule has 118 heavy (non-hydrogen) atoms. The van der Waals surface area contributed by atoms with Crippen molar-refractivity contribution in [2.24, 2.45) is 0 Å². The second-order valence-corrected chi connectivity index (χ2v) is 31.1. The van der Waals surface area contributed by atoms with Gasteiger partial charge in [0.2, 0.25) is 0 Å². The molecule has 0 fully saturated rings. The van der Waals surface area contributed by atoms with E-state index < -0.39 is 0 Å². The molecule has 0 saturated carbocycles. The first-order valence-corrected chi connectivity index (χ1v) is 40.8. The van der Waals surface area contributed by atoms with Crippen LogP contribution in [0.2, 0.25) is 0 Å². The Morgan fingerprint density at radius 3 is 0.924 bits per heavy atom. The predicted molar refractivity (Wildman–Crippen MR) is 488 cm³/mol. The number of hydrogen-bond donors (Lipinski definition) is 0. The first kappa shape index (κ1) is 70.5. The SMILES string of the molecule is c1ccc(-c2ccc(-c3nc(-c4ccccc4)nc(-c4cccc(-c5cccc(-c6cccc(-c7ccc8sc9c%10ccccc%10nnc9c8c7)c6)c5)c4)n3)cc2)cc1.c1ccc(-c2ccc(-c3nc(-c4ccccc4)nc(-c4cccc(-c5cccc(-c6cccc(-c7cccc8c7sc7nc9ccccc9nc78)c6)c5)c4)n3)cc2)cc1. The lowest BCUT2D eigenvalue weighted by atomic mass is 9.95. The van der Waals surface area contributed by atoms with Gasteiger partial charge in [-0.15, -0.1) is 32.9 Å². The first-order valence-electron chi connectivity index (χ1n) is 39.1. The number of nitrogens with zero attached hydrogens (tertiary/aromatic N) is 10. The van der Waals surface area contributed by atoms with E-state index >= 15 is 0 Å². The van der Waals surface area contributed by atoms with Crippen molar-refractivity contribution in [3.8, 4) is 157 Å². The molecule has 0 saturated heterocycles. The van der Waals surface area contributed by atoms with Crippen molar-refractivity contribution in [1.29, 1.82) is 0 Å². The van der Waals surface area contributed by atoms with Crippen molar-refractivity contribution in [2.45, 2.75) is 0 Å². The van der Waals surface area contributed by atoms with E-state index in [-0.39, 0.29) is 0 Å². The summed E-state index contributed by atoms with van der Waals surface area (Å²) in [6.45, 7) is 0. The fraction of sp³-hybridized carbons (Fsp3) is 0. The molecule has 552 valence electrons. The van der Waals surface area contributed by atoms with Crippen molar-refractivity contribution >= 4 is 85.3 Å². The molecule has 0 aliphatic carbocycles. The molecule has 0 N–H and O–H groups in total. The highest BCUT2D eigenvalue weighted by Gasteiger charge is 2.20. The molecule has 0 amide bonds. The Kier molecular flexibility index (Phi) is 18.4. The van der Waals surface area contributed by atoms with Crippen LogP contribution in [0.15, 0.2) is 400 Å². The van der Waals surface area contributed by atoms with E-state index in [4.69, 9.17) is 39.9 Å². The van der Waals surface area contributed by atoms with Gasteiger partial charge < -0.3 is 0 Å². The molecule has 12 heteroatoms. The summed E-state index contributed by atoms with van der Waals surface area (Å²) >= 11 is 3.49. The summed E-state index contributed by atoms with van der Waals surface area (Å²) in [6, 6.07) is 139. The quantitative estimate of drug-likeness (QED) is 0.104. The van der Waals surface area contributed by atoms with E-state index in [9.17, 15) is 0 Å². The minimum Gasteiger partial charge on any atom is -0.243 e. The first-order chi connectivity index (χ1) is 58.4. The number of benzene rings is 16. The van der Waals surface area contributed by atoms with Crippen LogP contribution in [0.4, 0.5) is 0 Å². The van der Waals surface area contributed by atoms with Crippen LogP contribution in [0, 0.1) is 0 Å². The lowest BCUT2D eigenvalue weighted by Crippen LogP contribution is -2.00. The highest BCUT2D eigenvalue weighted by molar-refractivity contribution is 7.26. The van der Waals surface area contributed by atoms with Gasteiger partial charge in [-0.2, -0.15) is 0 Å². The fourth-order valence-electron chi connectivity index (χ4n) is 15.6. The molecular weight excluding hydrogens is 1480 g/mol. The van der Waals surface area contributed by atoms with Crippen LogP contribution < -0.4 is 0 Å². The lowest BCUT2D eigenvalue weighted by Gasteiger charge is -2.11. The van der Waals surface area contributed by atoms with E-state index in [1.54, 1.807) is 22.7 Å². The molecular formula is C106H66N10S2. The Labute approximate surface area is 688 Å². The van der Waals surface area contributed by atoms with Crippen LogP contribution in [0.5, 0.6) is 0 Å². The second kappa shape index (κ2) is 30.9. The van der Waals surface area contributed by atoms with Crippen LogP contribution in [0.25, 0.3) is 220 Å². The van der Waals surface area contributed by atoms with Gasteiger partial charge in [-0.05, 0) is 156 Å². The third-order valence-corrected chi connectivity index (χ3v) is 23.9. The normalized spacial score (nSPS) is 11.4. The smallest absolute Gasteiger partial charge is 0.164 e. The summed E-state index contributed by atoms with van der Waals surface area (Å²) in [5.74, 6) is 3.79. The van der Waals surface area contributed by atoms with E-state index in [1.165, 1.54) is 30.8 Å². The molecule has 0 aliphatic heterocycles. The van der Waals surface area contributed by atoms with Crippen molar-refractivity contribution in [3.05, 3.63) is 400 Å². The Morgan fingerprint density at radius 1 is 0.161 bits per heavy atom. The molecule has 22 rings (SSSR count). The Hall–Kier alpha value is -15.3. The third kappa shape index (κ3) is 14.1. The standard InChI is InChI=1S/2C53H33N5S/c1-3-13-34(14-4-1)35-27-29-37(30-28-35)51-56-50(36-15-5-2-6-16-36)57-52(58-51)43-22-11-20-41(33-43)39-18-9-17-38(31-39)40-19-10-21-42(32-40)44-23-12-24-45-48-53(59-49(44)45)55-47-26-8-7-25-46(47)54-48;1-3-12-34(13-4-1)35-24-26-37(27-25-35)52-54-51(36-14-5-2-6-15-36)55-53(56-52)44-21-11-20-42(32-44)40-18-9-16-38(30-40)39-17-10-19-41(31-39)43-28-29-48-46(33-43)49-50(59-48)45-22-7-8-23-47(45)57-58-49/h2*1-33H. The molecule has 0 atom stereocenters. The van der Waals surface area contributed by atoms with Crippen LogP contribution >= 0.6 is 22.7 Å². The van der Waals surface area contributed by atoms with Crippen LogP contribution in [0.1, 0.15) is 0 Å². The van der Waals surface area contributed by atoms with Gasteiger partial charge in [-0.1, -0.05) is 334 Å². The summed E-state index contributed by atoms with van der Waals surface area (Å²) in [6.07, 6.45) is 0. The van der Waals surface area contributed by atoms with Gasteiger partial charge in [-0.3, -0.25) is 0 Å². The van der Waals surface area contributed by atoms with E-state index in [0.29, 0.717) is 34.9 Å². The van der Waals surface area contributed by atoms with Crippen LogP contribution in [-0.4, -0.2) is 50.1 Å². The molecule has 10 nitrogen and oxygen atoms in total. The Bertz CT molecular complexity index is 7550. The zero-order valence-corrected chi connectivity index (χ0v) is 65.0. The van der Waals surface area contributed by atoms with Gasteiger partial charge in [0.05, 0.1) is 21.3 Å². The fourth-order valence-corrected chi connectivity index (χ4v) is 17.9. The monoisotopic (exact) mass is 1540 g/mol. The molecule has 0 aliphatic rings. The number of fused-ring (bicyclic) bond motifs is 9. The minimum absolute atomic E-state index is 0.626.